The third-order valence-corrected chi connectivity index (χ3v) is 2.36. The molecule has 2 nitrogen and oxygen atoms in total. The lowest BCUT2D eigenvalue weighted by atomic mass is 10.1. The van der Waals surface area contributed by atoms with Crippen molar-refractivity contribution in [2.45, 2.75) is 39.7 Å². The summed E-state index contributed by atoms with van der Waals surface area (Å²) in [5.41, 5.74) is 1.85. The number of rotatable bonds is 5. The van der Waals surface area contributed by atoms with Gasteiger partial charge in [0.1, 0.15) is 0 Å². The van der Waals surface area contributed by atoms with Crippen molar-refractivity contribution in [3.05, 3.63) is 41.5 Å². The first-order chi connectivity index (χ1) is 8.13. The van der Waals surface area contributed by atoms with Crippen molar-refractivity contribution in [3.63, 3.8) is 0 Å². The van der Waals surface area contributed by atoms with E-state index >= 15 is 0 Å². The van der Waals surface area contributed by atoms with Crippen LogP contribution in [0.4, 0.5) is 0 Å². The molecule has 0 bridgehead atoms. The molecule has 0 unspecified atom stereocenters. The molecule has 0 atom stereocenters. The summed E-state index contributed by atoms with van der Waals surface area (Å²) in [6.45, 7) is 6.07. The van der Waals surface area contributed by atoms with Crippen molar-refractivity contribution in [2.24, 2.45) is 0 Å². The van der Waals surface area contributed by atoms with Gasteiger partial charge in [0.25, 0.3) is 5.91 Å². The topological polar surface area (TPSA) is 29.1 Å². The van der Waals surface area contributed by atoms with Gasteiger partial charge in [0.2, 0.25) is 0 Å². The van der Waals surface area contributed by atoms with E-state index in [9.17, 15) is 4.79 Å². The van der Waals surface area contributed by atoms with E-state index in [4.69, 9.17) is 0 Å². The van der Waals surface area contributed by atoms with Gasteiger partial charge in [-0.3, -0.25) is 4.79 Å². The van der Waals surface area contributed by atoms with Crippen LogP contribution < -0.4 is 5.32 Å². The lowest BCUT2D eigenvalue weighted by molar-refractivity contribution is 0.0943. The molecule has 0 saturated carbocycles. The van der Waals surface area contributed by atoms with E-state index in [0.717, 1.165) is 18.4 Å². The van der Waals surface area contributed by atoms with E-state index in [2.05, 4.69) is 24.4 Å². The molecule has 17 heavy (non-hydrogen) atoms. The van der Waals surface area contributed by atoms with Crippen LogP contribution >= 0.6 is 0 Å². The van der Waals surface area contributed by atoms with Crippen LogP contribution in [0.1, 0.15) is 49.5 Å². The molecule has 0 spiro atoms. The average Bonchev–Trinajstić information content (AvgIpc) is 2.29. The predicted molar refractivity (Wildman–Crippen MR) is 73.0 cm³/mol. The third kappa shape index (κ3) is 4.85. The second-order valence-electron chi connectivity index (χ2n) is 4.44. The second kappa shape index (κ2) is 6.89. The van der Waals surface area contributed by atoms with Gasteiger partial charge in [0, 0.05) is 11.6 Å². The Bertz CT molecular complexity index is 376. The molecule has 0 aliphatic heterocycles. The lowest BCUT2D eigenvalue weighted by Gasteiger charge is -2.08. The molecular weight excluding hydrogens is 210 g/mol. The van der Waals surface area contributed by atoms with Gasteiger partial charge in [0.15, 0.2) is 0 Å². The Morgan fingerprint density at radius 1 is 1.29 bits per heavy atom. The van der Waals surface area contributed by atoms with Crippen LogP contribution in [0.3, 0.4) is 0 Å². The first kappa shape index (κ1) is 13.5. The summed E-state index contributed by atoms with van der Waals surface area (Å²) in [6, 6.07) is 7.85. The van der Waals surface area contributed by atoms with Gasteiger partial charge in [-0.2, -0.15) is 0 Å². The molecule has 1 rings (SSSR count). The standard InChI is InChI=1S/C15H21NO/c1-4-5-6-7-13-8-10-14(11-9-13)15(17)16-12(2)3/h6-12H,4-5H2,1-3H3,(H,16,17)/b7-6+. The summed E-state index contributed by atoms with van der Waals surface area (Å²) in [6.07, 6.45) is 6.50. The zero-order valence-corrected chi connectivity index (χ0v) is 10.9. The minimum absolute atomic E-state index is 0.0101. The Hall–Kier alpha value is -1.57. The molecule has 1 aromatic rings. The molecule has 1 aromatic carbocycles. The van der Waals surface area contributed by atoms with Crippen molar-refractivity contribution < 1.29 is 4.79 Å². The summed E-state index contributed by atoms with van der Waals surface area (Å²) in [5.74, 6) is -0.0101. The molecule has 92 valence electrons. The normalized spacial score (nSPS) is 11.1. The summed E-state index contributed by atoms with van der Waals surface area (Å²) in [5, 5.41) is 2.87. The number of benzene rings is 1. The van der Waals surface area contributed by atoms with Gasteiger partial charge >= 0.3 is 0 Å². The smallest absolute Gasteiger partial charge is 0.251 e. The first-order valence-corrected chi connectivity index (χ1v) is 6.21. The Morgan fingerprint density at radius 2 is 1.94 bits per heavy atom. The van der Waals surface area contributed by atoms with Crippen molar-refractivity contribution >= 4 is 12.0 Å². The van der Waals surface area contributed by atoms with Crippen LogP contribution in [0.25, 0.3) is 6.08 Å². The third-order valence-electron chi connectivity index (χ3n) is 2.36. The highest BCUT2D eigenvalue weighted by Crippen LogP contribution is 2.07. The predicted octanol–water partition coefficient (Wildman–Crippen LogP) is 3.64. The molecule has 1 amide bonds. The van der Waals surface area contributed by atoms with Crippen LogP contribution in [0.5, 0.6) is 0 Å². The van der Waals surface area contributed by atoms with Gasteiger partial charge in [-0.25, -0.2) is 0 Å². The first-order valence-electron chi connectivity index (χ1n) is 6.21. The Balaban J connectivity index is 2.64. The van der Waals surface area contributed by atoms with Crippen LogP contribution in [0.2, 0.25) is 0 Å². The fourth-order valence-electron chi connectivity index (χ4n) is 1.48. The highest BCUT2D eigenvalue weighted by atomic mass is 16.1. The summed E-state index contributed by atoms with van der Waals surface area (Å²) < 4.78 is 0. The quantitative estimate of drug-likeness (QED) is 0.823. The zero-order chi connectivity index (χ0) is 12.7. The molecule has 0 aliphatic rings. The largest absolute Gasteiger partial charge is 0.350 e. The molecule has 0 fully saturated rings. The lowest BCUT2D eigenvalue weighted by Crippen LogP contribution is -2.29. The van der Waals surface area contributed by atoms with Crippen LogP contribution in [-0.2, 0) is 0 Å². The van der Waals surface area contributed by atoms with Gasteiger partial charge in [0.05, 0.1) is 0 Å². The van der Waals surface area contributed by atoms with Crippen molar-refractivity contribution in [3.8, 4) is 0 Å². The maximum Gasteiger partial charge on any atom is 0.251 e. The second-order valence-corrected chi connectivity index (χ2v) is 4.44. The summed E-state index contributed by atoms with van der Waals surface area (Å²) >= 11 is 0. The number of nitrogens with one attached hydrogen (secondary N) is 1. The number of amides is 1. The fourth-order valence-corrected chi connectivity index (χ4v) is 1.48. The summed E-state index contributed by atoms with van der Waals surface area (Å²) in [7, 11) is 0. The van der Waals surface area contributed by atoms with E-state index in [1.54, 1.807) is 0 Å². The number of hydrogen-bond acceptors (Lipinski definition) is 1. The Labute approximate surface area is 104 Å². The van der Waals surface area contributed by atoms with Gasteiger partial charge in [-0.05, 0) is 38.0 Å². The molecule has 0 saturated heterocycles. The molecule has 0 heterocycles. The molecule has 0 radical (unpaired) electrons. The summed E-state index contributed by atoms with van der Waals surface area (Å²) in [4.78, 5) is 11.7. The van der Waals surface area contributed by atoms with E-state index in [-0.39, 0.29) is 11.9 Å². The monoisotopic (exact) mass is 231 g/mol. The minimum Gasteiger partial charge on any atom is -0.350 e. The highest BCUT2D eigenvalue weighted by Gasteiger charge is 2.05. The fraction of sp³-hybridized carbons (Fsp3) is 0.400. The number of hydrogen-bond donors (Lipinski definition) is 1. The molecule has 2 heteroatoms. The van der Waals surface area contributed by atoms with Crippen molar-refractivity contribution in [2.75, 3.05) is 0 Å². The SMILES string of the molecule is CCC/C=C/c1ccc(C(=O)NC(C)C)cc1. The van der Waals surface area contributed by atoms with Gasteiger partial charge < -0.3 is 5.32 Å². The maximum atomic E-state index is 11.7. The minimum atomic E-state index is -0.0101. The van der Waals surface area contributed by atoms with Gasteiger partial charge in [-0.15, -0.1) is 0 Å². The van der Waals surface area contributed by atoms with Crippen LogP contribution in [-0.4, -0.2) is 11.9 Å². The zero-order valence-electron chi connectivity index (χ0n) is 10.9. The number of allylic oxidation sites excluding steroid dienone is 1. The molecular formula is C15H21NO. The number of unbranched alkanes of at least 4 members (excludes halogenated alkanes) is 1. The highest BCUT2D eigenvalue weighted by molar-refractivity contribution is 5.94. The molecule has 0 aliphatic carbocycles. The number of carbonyl (C=O) groups is 1. The maximum absolute atomic E-state index is 11.7. The van der Waals surface area contributed by atoms with Crippen molar-refractivity contribution in [1.82, 2.24) is 5.32 Å². The van der Waals surface area contributed by atoms with Crippen LogP contribution in [0, 0.1) is 0 Å². The van der Waals surface area contributed by atoms with E-state index in [1.807, 2.05) is 38.1 Å². The van der Waals surface area contributed by atoms with E-state index in [0.29, 0.717) is 5.56 Å². The molecule has 1 N–H and O–H groups in total. The Kier molecular flexibility index (Phi) is 5.47. The van der Waals surface area contributed by atoms with Gasteiger partial charge in [-0.1, -0.05) is 37.6 Å². The van der Waals surface area contributed by atoms with E-state index in [1.165, 1.54) is 0 Å². The van der Waals surface area contributed by atoms with E-state index < -0.39 is 0 Å². The Morgan fingerprint density at radius 3 is 2.47 bits per heavy atom. The van der Waals surface area contributed by atoms with Crippen molar-refractivity contribution in [1.29, 1.82) is 0 Å². The molecule has 0 aromatic heterocycles. The van der Waals surface area contributed by atoms with Crippen LogP contribution in [0.15, 0.2) is 30.3 Å². The average molecular weight is 231 g/mol. The number of carbonyl (C=O) groups excluding carboxylic acids is 1.